The highest BCUT2D eigenvalue weighted by molar-refractivity contribution is 6.34. The second-order valence-electron chi connectivity index (χ2n) is 2.58. The first-order valence-electron chi connectivity index (χ1n) is 3.65. The number of ketones is 1. The lowest BCUT2D eigenvalue weighted by molar-refractivity contribution is -0.116. The molecule has 0 saturated carbocycles. The molecule has 0 radical (unpaired) electrons. The Labute approximate surface area is 91.6 Å². The van der Waals surface area contributed by atoms with E-state index in [4.69, 9.17) is 34.8 Å². The molecule has 70 valence electrons. The van der Waals surface area contributed by atoms with Gasteiger partial charge in [0.1, 0.15) is 0 Å². The number of benzene rings is 1. The third kappa shape index (κ3) is 3.18. The number of hydrogen-bond donors (Lipinski definition) is 0. The van der Waals surface area contributed by atoms with Crippen LogP contribution in [0.25, 0.3) is 0 Å². The lowest BCUT2D eigenvalue weighted by Gasteiger charge is -2.02. The van der Waals surface area contributed by atoms with Crippen molar-refractivity contribution in [2.24, 2.45) is 0 Å². The van der Waals surface area contributed by atoms with E-state index in [1.54, 1.807) is 18.2 Å². The molecule has 0 aliphatic heterocycles. The first kappa shape index (κ1) is 10.8. The molecule has 0 aliphatic carbocycles. The molecule has 0 saturated heterocycles. The fourth-order valence-corrected chi connectivity index (χ4v) is 1.41. The summed E-state index contributed by atoms with van der Waals surface area (Å²) in [6.45, 7) is 0. The van der Waals surface area contributed by atoms with Crippen LogP contribution in [-0.2, 0) is 11.2 Å². The second-order valence-corrected chi connectivity index (χ2v) is 3.70. The Morgan fingerprint density at radius 1 is 1.31 bits per heavy atom. The van der Waals surface area contributed by atoms with Gasteiger partial charge in [-0.05, 0) is 23.8 Å². The SMILES string of the molecule is O=C(CCl)Cc1cc(Cl)ccc1Cl. The molecule has 0 bridgehead atoms. The molecule has 1 aromatic rings. The van der Waals surface area contributed by atoms with E-state index < -0.39 is 0 Å². The van der Waals surface area contributed by atoms with E-state index in [1.165, 1.54) is 0 Å². The summed E-state index contributed by atoms with van der Waals surface area (Å²) in [5, 5.41) is 1.12. The molecule has 1 rings (SSSR count). The highest BCUT2D eigenvalue weighted by Gasteiger charge is 2.06. The van der Waals surface area contributed by atoms with Crippen molar-refractivity contribution in [1.29, 1.82) is 0 Å². The fourth-order valence-electron chi connectivity index (χ4n) is 0.938. The summed E-state index contributed by atoms with van der Waals surface area (Å²) in [5.74, 6) is -0.0612. The van der Waals surface area contributed by atoms with Crippen LogP contribution in [0.2, 0.25) is 10.0 Å². The Hall–Kier alpha value is -0.240. The number of carbonyl (C=O) groups is 1. The van der Waals surface area contributed by atoms with Crippen LogP contribution >= 0.6 is 34.8 Å². The van der Waals surface area contributed by atoms with Crippen LogP contribution in [0, 0.1) is 0 Å². The van der Waals surface area contributed by atoms with Crippen molar-refractivity contribution in [2.45, 2.75) is 6.42 Å². The highest BCUT2D eigenvalue weighted by Crippen LogP contribution is 2.21. The largest absolute Gasteiger partial charge is 0.298 e. The van der Waals surface area contributed by atoms with Gasteiger partial charge in [0.05, 0.1) is 5.88 Å². The molecule has 1 nitrogen and oxygen atoms in total. The van der Waals surface area contributed by atoms with Gasteiger partial charge < -0.3 is 0 Å². The molecular formula is C9H7Cl3O. The number of Topliss-reactive ketones (excluding diaryl/α,β-unsaturated/α-hetero) is 1. The number of alkyl halides is 1. The van der Waals surface area contributed by atoms with Crippen molar-refractivity contribution in [3.63, 3.8) is 0 Å². The van der Waals surface area contributed by atoms with Crippen LogP contribution < -0.4 is 0 Å². The van der Waals surface area contributed by atoms with Gasteiger partial charge >= 0.3 is 0 Å². The number of hydrogen-bond acceptors (Lipinski definition) is 1. The zero-order valence-corrected chi connectivity index (χ0v) is 8.96. The van der Waals surface area contributed by atoms with Gasteiger partial charge in [-0.1, -0.05) is 23.2 Å². The number of rotatable bonds is 3. The topological polar surface area (TPSA) is 17.1 Å². The minimum Gasteiger partial charge on any atom is -0.298 e. The maximum atomic E-state index is 11.0. The first-order valence-corrected chi connectivity index (χ1v) is 4.94. The van der Waals surface area contributed by atoms with Gasteiger partial charge in [0.25, 0.3) is 0 Å². The van der Waals surface area contributed by atoms with Gasteiger partial charge in [-0.15, -0.1) is 11.6 Å². The summed E-state index contributed by atoms with van der Waals surface area (Å²) in [4.78, 5) is 11.0. The Balaban J connectivity index is 2.87. The Morgan fingerprint density at radius 2 is 2.00 bits per heavy atom. The van der Waals surface area contributed by atoms with E-state index in [2.05, 4.69) is 0 Å². The van der Waals surface area contributed by atoms with Crippen molar-refractivity contribution < 1.29 is 4.79 Å². The van der Waals surface area contributed by atoms with E-state index in [1.807, 2.05) is 0 Å². The standard InChI is InChI=1S/C9H7Cl3O/c10-5-8(13)4-6-3-7(11)1-2-9(6)12/h1-3H,4-5H2. The van der Waals surface area contributed by atoms with Gasteiger partial charge in [-0.25, -0.2) is 0 Å². The average molecular weight is 238 g/mol. The van der Waals surface area contributed by atoms with Crippen molar-refractivity contribution >= 4 is 40.6 Å². The summed E-state index contributed by atoms with van der Waals surface area (Å²) < 4.78 is 0. The average Bonchev–Trinajstić information content (AvgIpc) is 2.11. The monoisotopic (exact) mass is 236 g/mol. The predicted octanol–water partition coefficient (Wildman–Crippen LogP) is 3.34. The highest BCUT2D eigenvalue weighted by atomic mass is 35.5. The summed E-state index contributed by atoms with van der Waals surface area (Å²) >= 11 is 17.0. The summed E-state index contributed by atoms with van der Waals surface area (Å²) in [6.07, 6.45) is 0.239. The molecule has 13 heavy (non-hydrogen) atoms. The van der Waals surface area contributed by atoms with Gasteiger partial charge in [0.15, 0.2) is 5.78 Å². The Kier molecular flexibility index (Phi) is 4.04. The minimum atomic E-state index is -0.0640. The summed E-state index contributed by atoms with van der Waals surface area (Å²) in [5.41, 5.74) is 0.722. The minimum absolute atomic E-state index is 0.00282. The van der Waals surface area contributed by atoms with Crippen LogP contribution in [-0.4, -0.2) is 11.7 Å². The predicted molar refractivity (Wildman–Crippen MR) is 55.9 cm³/mol. The van der Waals surface area contributed by atoms with Crippen LogP contribution in [0.5, 0.6) is 0 Å². The number of halogens is 3. The van der Waals surface area contributed by atoms with Crippen molar-refractivity contribution in [2.75, 3.05) is 5.88 Å². The smallest absolute Gasteiger partial charge is 0.152 e. The molecular weight excluding hydrogens is 230 g/mol. The fraction of sp³-hybridized carbons (Fsp3) is 0.222. The quantitative estimate of drug-likeness (QED) is 0.737. The molecule has 0 atom stereocenters. The van der Waals surface area contributed by atoms with Crippen molar-refractivity contribution in [1.82, 2.24) is 0 Å². The molecule has 0 N–H and O–H groups in total. The van der Waals surface area contributed by atoms with Crippen LogP contribution in [0.3, 0.4) is 0 Å². The molecule has 1 aromatic carbocycles. The molecule has 0 aliphatic rings. The summed E-state index contributed by atoms with van der Waals surface area (Å²) in [7, 11) is 0. The van der Waals surface area contributed by atoms with Gasteiger partial charge in [0, 0.05) is 16.5 Å². The van der Waals surface area contributed by atoms with Crippen LogP contribution in [0.4, 0.5) is 0 Å². The van der Waals surface area contributed by atoms with E-state index >= 15 is 0 Å². The Morgan fingerprint density at radius 3 is 2.62 bits per heavy atom. The van der Waals surface area contributed by atoms with E-state index in [-0.39, 0.29) is 18.1 Å². The molecule has 0 fully saturated rings. The second kappa shape index (κ2) is 4.85. The molecule has 0 amide bonds. The lowest BCUT2D eigenvalue weighted by atomic mass is 10.1. The summed E-state index contributed by atoms with van der Waals surface area (Å²) in [6, 6.07) is 5.02. The van der Waals surface area contributed by atoms with Crippen LogP contribution in [0.15, 0.2) is 18.2 Å². The van der Waals surface area contributed by atoms with E-state index in [9.17, 15) is 4.79 Å². The normalized spacial score (nSPS) is 10.1. The van der Waals surface area contributed by atoms with E-state index in [0.29, 0.717) is 10.0 Å². The van der Waals surface area contributed by atoms with Crippen molar-refractivity contribution in [3.05, 3.63) is 33.8 Å². The first-order chi connectivity index (χ1) is 6.13. The third-order valence-electron chi connectivity index (χ3n) is 1.54. The zero-order chi connectivity index (χ0) is 9.84. The van der Waals surface area contributed by atoms with Crippen molar-refractivity contribution in [3.8, 4) is 0 Å². The molecule has 4 heteroatoms. The molecule has 0 heterocycles. The maximum absolute atomic E-state index is 11.0. The lowest BCUT2D eigenvalue weighted by Crippen LogP contribution is -2.04. The molecule has 0 unspecified atom stereocenters. The molecule has 0 spiro atoms. The van der Waals surface area contributed by atoms with E-state index in [0.717, 1.165) is 5.56 Å². The van der Waals surface area contributed by atoms with Gasteiger partial charge in [-0.2, -0.15) is 0 Å². The Bertz CT molecular complexity index is 323. The van der Waals surface area contributed by atoms with Gasteiger partial charge in [-0.3, -0.25) is 4.79 Å². The molecule has 0 aromatic heterocycles. The number of carbonyl (C=O) groups excluding carboxylic acids is 1. The van der Waals surface area contributed by atoms with Crippen LogP contribution in [0.1, 0.15) is 5.56 Å². The van der Waals surface area contributed by atoms with Gasteiger partial charge in [0.2, 0.25) is 0 Å². The third-order valence-corrected chi connectivity index (χ3v) is 2.45. The maximum Gasteiger partial charge on any atom is 0.152 e. The zero-order valence-electron chi connectivity index (χ0n) is 6.69.